The zero-order chi connectivity index (χ0) is 16.4. The molecule has 25 heavy (non-hydrogen) atoms. The van der Waals surface area contributed by atoms with Gasteiger partial charge in [-0.3, -0.25) is 4.79 Å². The number of rotatable bonds is 3. The first-order valence-electron chi connectivity index (χ1n) is 8.49. The molecule has 0 saturated carbocycles. The third-order valence-electron chi connectivity index (χ3n) is 4.62. The van der Waals surface area contributed by atoms with Crippen LogP contribution in [0.3, 0.4) is 0 Å². The van der Waals surface area contributed by atoms with Crippen molar-refractivity contribution in [3.8, 4) is 11.3 Å². The van der Waals surface area contributed by atoms with E-state index in [2.05, 4.69) is 33.8 Å². The van der Waals surface area contributed by atoms with Gasteiger partial charge in [0.1, 0.15) is 6.04 Å². The second-order valence-electron chi connectivity index (χ2n) is 6.30. The van der Waals surface area contributed by atoms with Crippen LogP contribution in [0.25, 0.3) is 11.3 Å². The van der Waals surface area contributed by atoms with Crippen LogP contribution in [0.5, 0.6) is 0 Å². The van der Waals surface area contributed by atoms with Crippen LogP contribution in [0.4, 0.5) is 5.13 Å². The third kappa shape index (κ3) is 4.20. The van der Waals surface area contributed by atoms with E-state index in [-0.39, 0.29) is 24.4 Å². The zero-order valence-electron chi connectivity index (χ0n) is 13.9. The summed E-state index contributed by atoms with van der Waals surface area (Å²) in [5.41, 5.74) is 4.97. The molecule has 4 rings (SSSR count). The van der Waals surface area contributed by atoms with E-state index in [0.29, 0.717) is 24.9 Å². The molecule has 0 spiro atoms. The minimum atomic E-state index is -0.296. The van der Waals surface area contributed by atoms with E-state index in [1.807, 2.05) is 5.38 Å². The third-order valence-corrected chi connectivity index (χ3v) is 5.37. The van der Waals surface area contributed by atoms with E-state index in [1.165, 1.54) is 41.7 Å². The number of ether oxygens (including phenoxy) is 1. The number of anilines is 1. The highest BCUT2D eigenvalue weighted by Crippen LogP contribution is 2.29. The van der Waals surface area contributed by atoms with Crippen molar-refractivity contribution in [2.75, 3.05) is 25.1 Å². The van der Waals surface area contributed by atoms with Crippen LogP contribution in [-0.4, -0.2) is 36.7 Å². The SMILES string of the molecule is Cl.O=C(Nc1nc(-c2ccc3c(c2)CCCC3)cs1)C1COCCN1. The predicted molar refractivity (Wildman–Crippen MR) is 103 cm³/mol. The molecule has 2 aliphatic rings. The summed E-state index contributed by atoms with van der Waals surface area (Å²) in [5, 5.41) is 8.69. The Morgan fingerprint density at radius 3 is 2.92 bits per heavy atom. The molecule has 1 fully saturated rings. The summed E-state index contributed by atoms with van der Waals surface area (Å²) in [7, 11) is 0. The van der Waals surface area contributed by atoms with Crippen molar-refractivity contribution >= 4 is 34.8 Å². The van der Waals surface area contributed by atoms with E-state index in [4.69, 9.17) is 4.74 Å². The lowest BCUT2D eigenvalue weighted by Crippen LogP contribution is -2.48. The Morgan fingerprint density at radius 2 is 2.12 bits per heavy atom. The van der Waals surface area contributed by atoms with Gasteiger partial charge in [0.15, 0.2) is 5.13 Å². The van der Waals surface area contributed by atoms with E-state index >= 15 is 0 Å². The number of aryl methyl sites for hydroxylation is 2. The topological polar surface area (TPSA) is 63.2 Å². The molecule has 0 radical (unpaired) electrons. The van der Waals surface area contributed by atoms with Crippen LogP contribution >= 0.6 is 23.7 Å². The highest BCUT2D eigenvalue weighted by Gasteiger charge is 2.22. The molecular formula is C18H22ClN3O2S. The number of amides is 1. The number of aromatic nitrogens is 1. The van der Waals surface area contributed by atoms with E-state index in [0.717, 1.165) is 17.7 Å². The van der Waals surface area contributed by atoms with Gasteiger partial charge < -0.3 is 15.4 Å². The van der Waals surface area contributed by atoms with Gasteiger partial charge in [-0.25, -0.2) is 4.98 Å². The molecule has 134 valence electrons. The maximum atomic E-state index is 12.2. The molecule has 1 aromatic carbocycles. The summed E-state index contributed by atoms with van der Waals surface area (Å²) in [4.78, 5) is 16.8. The fourth-order valence-electron chi connectivity index (χ4n) is 3.28. The van der Waals surface area contributed by atoms with Gasteiger partial charge in [-0.1, -0.05) is 12.1 Å². The van der Waals surface area contributed by atoms with Gasteiger partial charge in [0.05, 0.1) is 18.9 Å². The summed E-state index contributed by atoms with van der Waals surface area (Å²) in [6.45, 7) is 1.77. The average Bonchev–Trinajstić information content (AvgIpc) is 3.10. The number of carbonyl (C=O) groups is 1. The summed E-state index contributed by atoms with van der Waals surface area (Å²) in [6, 6.07) is 6.33. The molecule has 5 nitrogen and oxygen atoms in total. The summed E-state index contributed by atoms with van der Waals surface area (Å²) in [5.74, 6) is -0.0824. The Bertz CT molecular complexity index is 744. The van der Waals surface area contributed by atoms with Gasteiger partial charge in [0.25, 0.3) is 0 Å². The fourth-order valence-corrected chi connectivity index (χ4v) is 4.01. The average molecular weight is 380 g/mol. The van der Waals surface area contributed by atoms with Gasteiger partial charge >= 0.3 is 0 Å². The molecule has 2 heterocycles. The number of benzene rings is 1. The number of fused-ring (bicyclic) bond motifs is 1. The van der Waals surface area contributed by atoms with E-state index < -0.39 is 0 Å². The molecule has 1 saturated heterocycles. The first-order valence-corrected chi connectivity index (χ1v) is 9.37. The molecule has 1 atom stereocenters. The smallest absolute Gasteiger partial charge is 0.245 e. The van der Waals surface area contributed by atoms with Crippen molar-refractivity contribution in [2.45, 2.75) is 31.7 Å². The van der Waals surface area contributed by atoms with Crippen molar-refractivity contribution in [3.63, 3.8) is 0 Å². The first-order chi connectivity index (χ1) is 11.8. The number of hydrogen-bond donors (Lipinski definition) is 2. The van der Waals surface area contributed by atoms with Crippen molar-refractivity contribution in [1.29, 1.82) is 0 Å². The van der Waals surface area contributed by atoms with Crippen molar-refractivity contribution in [1.82, 2.24) is 10.3 Å². The number of morpholine rings is 1. The Balaban J connectivity index is 0.00000182. The Kier molecular flexibility index (Phi) is 6.06. The van der Waals surface area contributed by atoms with Crippen molar-refractivity contribution in [2.24, 2.45) is 0 Å². The number of halogens is 1. The molecule has 7 heteroatoms. The standard InChI is InChI=1S/C18H21N3O2S.ClH/c22-17(15-10-23-8-7-19-15)21-18-20-16(11-24-18)14-6-5-12-3-1-2-4-13(12)9-14;/h5-6,9,11,15,19H,1-4,7-8,10H2,(H,20,21,22);1H. The number of thiazole rings is 1. The number of nitrogens with one attached hydrogen (secondary N) is 2. The Morgan fingerprint density at radius 1 is 1.28 bits per heavy atom. The second kappa shape index (κ2) is 8.27. The monoisotopic (exact) mass is 379 g/mol. The molecule has 1 aromatic heterocycles. The number of nitrogens with zero attached hydrogens (tertiary/aromatic N) is 1. The predicted octanol–water partition coefficient (Wildman–Crippen LogP) is 3.04. The molecular weight excluding hydrogens is 358 g/mol. The maximum absolute atomic E-state index is 12.2. The van der Waals surface area contributed by atoms with Gasteiger partial charge in [-0.05, 0) is 42.9 Å². The highest BCUT2D eigenvalue weighted by molar-refractivity contribution is 7.14. The molecule has 2 aromatic rings. The van der Waals surface area contributed by atoms with E-state index in [9.17, 15) is 4.79 Å². The van der Waals surface area contributed by atoms with Crippen LogP contribution in [-0.2, 0) is 22.4 Å². The molecule has 1 aliphatic carbocycles. The molecule has 1 amide bonds. The van der Waals surface area contributed by atoms with E-state index in [1.54, 1.807) is 0 Å². The lowest BCUT2D eigenvalue weighted by atomic mass is 9.90. The minimum Gasteiger partial charge on any atom is -0.378 e. The molecule has 0 bridgehead atoms. The van der Waals surface area contributed by atoms with Crippen LogP contribution in [0.2, 0.25) is 0 Å². The fraction of sp³-hybridized carbons (Fsp3) is 0.444. The minimum absolute atomic E-state index is 0. The largest absolute Gasteiger partial charge is 0.378 e. The summed E-state index contributed by atoms with van der Waals surface area (Å²) in [6.07, 6.45) is 4.90. The van der Waals surface area contributed by atoms with Crippen LogP contribution in [0.15, 0.2) is 23.6 Å². The maximum Gasteiger partial charge on any atom is 0.245 e. The van der Waals surface area contributed by atoms with Crippen molar-refractivity contribution in [3.05, 3.63) is 34.7 Å². The number of carbonyl (C=O) groups excluding carboxylic acids is 1. The Hall–Kier alpha value is -1.47. The van der Waals surface area contributed by atoms with Crippen molar-refractivity contribution < 1.29 is 9.53 Å². The zero-order valence-corrected chi connectivity index (χ0v) is 15.5. The van der Waals surface area contributed by atoms with Gasteiger partial charge in [-0.15, -0.1) is 23.7 Å². The summed E-state index contributed by atoms with van der Waals surface area (Å²) < 4.78 is 5.33. The van der Waals surface area contributed by atoms with Crippen LogP contribution in [0.1, 0.15) is 24.0 Å². The molecule has 2 N–H and O–H groups in total. The lowest BCUT2D eigenvalue weighted by Gasteiger charge is -2.22. The quantitative estimate of drug-likeness (QED) is 0.860. The summed E-state index contributed by atoms with van der Waals surface area (Å²) >= 11 is 1.46. The van der Waals surface area contributed by atoms with Gasteiger partial charge in [-0.2, -0.15) is 0 Å². The van der Waals surface area contributed by atoms with Crippen LogP contribution < -0.4 is 10.6 Å². The molecule has 1 unspecified atom stereocenters. The normalized spacial score (nSPS) is 19.6. The highest BCUT2D eigenvalue weighted by atomic mass is 35.5. The number of hydrogen-bond acceptors (Lipinski definition) is 5. The van der Waals surface area contributed by atoms with Gasteiger partial charge in [0.2, 0.25) is 5.91 Å². The molecule has 1 aliphatic heterocycles. The Labute approximate surface area is 157 Å². The second-order valence-corrected chi connectivity index (χ2v) is 7.16. The van der Waals surface area contributed by atoms with Gasteiger partial charge in [0, 0.05) is 17.5 Å². The lowest BCUT2D eigenvalue weighted by molar-refractivity contribution is -0.120. The van der Waals surface area contributed by atoms with Crippen LogP contribution in [0, 0.1) is 0 Å². The first kappa shape index (κ1) is 18.3.